The van der Waals surface area contributed by atoms with Crippen molar-refractivity contribution in [2.75, 3.05) is 0 Å². The van der Waals surface area contributed by atoms with Crippen molar-refractivity contribution in [1.29, 1.82) is 0 Å². The molecule has 2 aromatic heterocycles. The van der Waals surface area contributed by atoms with Crippen LogP contribution in [0.25, 0.3) is 10.9 Å². The number of rotatable bonds is 0. The van der Waals surface area contributed by atoms with Crippen LogP contribution in [-0.4, -0.2) is 9.97 Å². The van der Waals surface area contributed by atoms with Crippen LogP contribution in [0.2, 0.25) is 5.15 Å². The molecule has 0 unspecified atom stereocenters. The summed E-state index contributed by atoms with van der Waals surface area (Å²) in [7, 11) is 0. The van der Waals surface area contributed by atoms with E-state index in [0.717, 1.165) is 0 Å². The molecule has 1 N–H and O–H groups in total. The molecule has 0 radical (unpaired) electrons. The Morgan fingerprint density at radius 2 is 2.31 bits per heavy atom. The van der Waals surface area contributed by atoms with E-state index in [9.17, 15) is 4.79 Å². The van der Waals surface area contributed by atoms with Crippen molar-refractivity contribution >= 4 is 45.1 Å². The summed E-state index contributed by atoms with van der Waals surface area (Å²) in [4.78, 5) is 18.4. The fourth-order valence-corrected chi connectivity index (χ4v) is 1.75. The Balaban J connectivity index is 3.03. The molecular weight excluding hydrogens is 302 g/mol. The topological polar surface area (TPSA) is 45.8 Å². The van der Waals surface area contributed by atoms with Crippen LogP contribution in [0.5, 0.6) is 0 Å². The first kappa shape index (κ1) is 8.96. The monoisotopic (exact) mass is 306 g/mol. The van der Waals surface area contributed by atoms with E-state index < -0.39 is 0 Å². The van der Waals surface area contributed by atoms with Crippen LogP contribution >= 0.6 is 34.2 Å². The van der Waals surface area contributed by atoms with Crippen LogP contribution in [0, 0.1) is 3.57 Å². The minimum atomic E-state index is -0.0151. The number of nitrogens with one attached hydrogen (secondary N) is 1. The molecule has 0 aliphatic carbocycles. The summed E-state index contributed by atoms with van der Waals surface area (Å²) >= 11 is 7.77. The molecule has 0 aliphatic rings. The number of pyridine rings is 2. The highest BCUT2D eigenvalue weighted by molar-refractivity contribution is 14.1. The summed E-state index contributed by atoms with van der Waals surface area (Å²) in [5, 5.41) is 0.901. The Bertz CT molecular complexity index is 523. The molecule has 2 heterocycles. The Labute approximate surface area is 92.3 Å². The maximum absolute atomic E-state index is 11.6. The molecule has 0 saturated carbocycles. The molecule has 0 saturated heterocycles. The second-order valence-corrected chi connectivity index (χ2v) is 4.01. The van der Waals surface area contributed by atoms with Gasteiger partial charge in [-0.1, -0.05) is 11.6 Å². The Hall–Kier alpha value is -0.620. The van der Waals surface area contributed by atoms with Gasteiger partial charge in [0.05, 0.1) is 14.5 Å². The Kier molecular flexibility index (Phi) is 2.25. The highest BCUT2D eigenvalue weighted by Gasteiger charge is 2.05. The van der Waals surface area contributed by atoms with E-state index in [1.54, 1.807) is 12.3 Å². The van der Waals surface area contributed by atoms with E-state index in [0.29, 0.717) is 19.6 Å². The molecule has 0 atom stereocenters. The summed E-state index contributed by atoms with van der Waals surface area (Å²) in [6.07, 6.45) is 3.15. The summed E-state index contributed by atoms with van der Waals surface area (Å²) < 4.78 is 0.646. The van der Waals surface area contributed by atoms with Crippen LogP contribution < -0.4 is 5.43 Å². The Morgan fingerprint density at radius 1 is 1.54 bits per heavy atom. The summed E-state index contributed by atoms with van der Waals surface area (Å²) in [6.45, 7) is 0. The van der Waals surface area contributed by atoms with Gasteiger partial charge < -0.3 is 4.98 Å². The van der Waals surface area contributed by atoms with E-state index in [-0.39, 0.29) is 5.43 Å². The number of halogens is 2. The highest BCUT2D eigenvalue weighted by atomic mass is 127. The number of H-pyrrole nitrogens is 1. The summed E-state index contributed by atoms with van der Waals surface area (Å²) in [5.74, 6) is 0. The molecule has 66 valence electrons. The van der Waals surface area contributed by atoms with Gasteiger partial charge in [0, 0.05) is 12.4 Å². The van der Waals surface area contributed by atoms with Crippen molar-refractivity contribution in [3.05, 3.63) is 37.4 Å². The number of aromatic amines is 1. The van der Waals surface area contributed by atoms with Gasteiger partial charge in [-0.3, -0.25) is 4.79 Å². The van der Waals surface area contributed by atoms with Crippen molar-refractivity contribution < 1.29 is 0 Å². The van der Waals surface area contributed by atoms with Gasteiger partial charge in [-0.2, -0.15) is 0 Å². The zero-order chi connectivity index (χ0) is 9.42. The quantitative estimate of drug-likeness (QED) is 0.599. The summed E-state index contributed by atoms with van der Waals surface area (Å²) in [6, 6.07) is 1.65. The molecule has 5 heteroatoms. The van der Waals surface area contributed by atoms with Gasteiger partial charge >= 0.3 is 0 Å². The van der Waals surface area contributed by atoms with Crippen LogP contribution in [0.4, 0.5) is 0 Å². The molecular formula is C8H4ClIN2O. The second-order valence-electron chi connectivity index (χ2n) is 2.49. The predicted octanol–water partition coefficient (Wildman–Crippen LogP) is 2.18. The normalized spacial score (nSPS) is 10.6. The standard InChI is InChI=1S/C8H4ClIN2O/c9-8-6-4(1-2-11-8)7(13)5(10)3-12-6/h1-3H,(H,12,13). The molecule has 0 bridgehead atoms. The molecule has 2 rings (SSSR count). The lowest BCUT2D eigenvalue weighted by Crippen LogP contribution is -2.06. The van der Waals surface area contributed by atoms with Crippen molar-refractivity contribution in [2.24, 2.45) is 0 Å². The minimum Gasteiger partial charge on any atom is -0.357 e. The summed E-state index contributed by atoms with van der Waals surface area (Å²) in [5.41, 5.74) is 0.577. The third kappa shape index (κ3) is 1.44. The number of nitrogens with zero attached hydrogens (tertiary/aromatic N) is 1. The first-order valence-corrected chi connectivity index (χ1v) is 4.97. The van der Waals surface area contributed by atoms with Gasteiger partial charge in [0.1, 0.15) is 0 Å². The molecule has 0 fully saturated rings. The largest absolute Gasteiger partial charge is 0.357 e. The lowest BCUT2D eigenvalue weighted by molar-refractivity contribution is 1.29. The smallest absolute Gasteiger partial charge is 0.202 e. The molecule has 2 aromatic rings. The number of aromatic nitrogens is 2. The van der Waals surface area contributed by atoms with Crippen molar-refractivity contribution in [3.8, 4) is 0 Å². The van der Waals surface area contributed by atoms with E-state index in [1.807, 2.05) is 22.6 Å². The predicted molar refractivity (Wildman–Crippen MR) is 60.1 cm³/mol. The third-order valence-corrected chi connectivity index (χ3v) is 2.80. The Morgan fingerprint density at radius 3 is 3.08 bits per heavy atom. The maximum atomic E-state index is 11.6. The lowest BCUT2D eigenvalue weighted by Gasteiger charge is -1.98. The zero-order valence-corrected chi connectivity index (χ0v) is 9.26. The molecule has 13 heavy (non-hydrogen) atoms. The van der Waals surface area contributed by atoms with Crippen LogP contribution in [0.3, 0.4) is 0 Å². The molecule has 0 aliphatic heterocycles. The second kappa shape index (κ2) is 3.26. The molecule has 3 nitrogen and oxygen atoms in total. The minimum absolute atomic E-state index is 0.0151. The third-order valence-electron chi connectivity index (χ3n) is 1.71. The van der Waals surface area contributed by atoms with Crippen molar-refractivity contribution in [1.82, 2.24) is 9.97 Å². The molecule has 0 amide bonds. The maximum Gasteiger partial charge on any atom is 0.202 e. The van der Waals surface area contributed by atoms with Crippen molar-refractivity contribution in [3.63, 3.8) is 0 Å². The van der Waals surface area contributed by atoms with Gasteiger partial charge in [0.15, 0.2) is 5.15 Å². The van der Waals surface area contributed by atoms with Crippen LogP contribution in [0.1, 0.15) is 0 Å². The van der Waals surface area contributed by atoms with E-state index >= 15 is 0 Å². The van der Waals surface area contributed by atoms with Gasteiger partial charge in [-0.05, 0) is 28.7 Å². The lowest BCUT2D eigenvalue weighted by atomic mass is 10.2. The molecule has 0 aromatic carbocycles. The van der Waals surface area contributed by atoms with E-state index in [1.165, 1.54) is 6.20 Å². The van der Waals surface area contributed by atoms with Gasteiger partial charge in [0.25, 0.3) is 0 Å². The van der Waals surface area contributed by atoms with Gasteiger partial charge in [0.2, 0.25) is 5.43 Å². The average molecular weight is 306 g/mol. The van der Waals surface area contributed by atoms with E-state index in [2.05, 4.69) is 9.97 Å². The van der Waals surface area contributed by atoms with Gasteiger partial charge in [-0.15, -0.1) is 0 Å². The van der Waals surface area contributed by atoms with Crippen LogP contribution in [0.15, 0.2) is 23.3 Å². The fraction of sp³-hybridized carbons (Fsp3) is 0. The zero-order valence-electron chi connectivity index (χ0n) is 6.34. The number of hydrogen-bond donors (Lipinski definition) is 1. The molecule has 0 spiro atoms. The fourth-order valence-electron chi connectivity index (χ4n) is 1.09. The first-order valence-electron chi connectivity index (χ1n) is 3.51. The SMILES string of the molecule is O=c1c(I)c[nH]c2c(Cl)nccc12. The number of fused-ring (bicyclic) bond motifs is 1. The van der Waals surface area contributed by atoms with E-state index in [4.69, 9.17) is 11.6 Å². The van der Waals surface area contributed by atoms with Gasteiger partial charge in [-0.25, -0.2) is 4.98 Å². The highest BCUT2D eigenvalue weighted by Crippen LogP contribution is 2.15. The first-order chi connectivity index (χ1) is 6.20. The average Bonchev–Trinajstić information content (AvgIpc) is 2.12. The van der Waals surface area contributed by atoms with Crippen molar-refractivity contribution in [2.45, 2.75) is 0 Å². The number of hydrogen-bond acceptors (Lipinski definition) is 2. The van der Waals surface area contributed by atoms with Crippen LogP contribution in [-0.2, 0) is 0 Å².